The zero-order valence-corrected chi connectivity index (χ0v) is 20.5. The third-order valence-corrected chi connectivity index (χ3v) is 6.79. The van der Waals surface area contributed by atoms with Gasteiger partial charge in [0.25, 0.3) is 0 Å². The van der Waals surface area contributed by atoms with Crippen molar-refractivity contribution in [2.75, 3.05) is 18.1 Å². The second-order valence-corrected chi connectivity index (χ2v) is 9.38. The molecule has 0 radical (unpaired) electrons. The maximum absolute atomic E-state index is 13.2. The molecule has 0 saturated carbocycles. The maximum Gasteiger partial charge on any atom is 0.416 e. The molecular weight excluding hydrogens is 479 g/mol. The number of amides is 1. The summed E-state index contributed by atoms with van der Waals surface area (Å²) in [5, 5.41) is 0. The number of aryl methyl sites for hydroxylation is 2. The Bertz CT molecular complexity index is 1410. The van der Waals surface area contributed by atoms with Crippen LogP contribution in [0.15, 0.2) is 72.8 Å². The Morgan fingerprint density at radius 2 is 1.78 bits per heavy atom. The summed E-state index contributed by atoms with van der Waals surface area (Å²) in [6.07, 6.45) is -2.55. The van der Waals surface area contributed by atoms with E-state index in [2.05, 4.69) is 4.57 Å². The second kappa shape index (κ2) is 10.3. The van der Waals surface area contributed by atoms with Gasteiger partial charge < -0.3 is 14.2 Å². The lowest BCUT2D eigenvalue weighted by Gasteiger charge is -2.19. The first-order chi connectivity index (χ1) is 17.8. The third kappa shape index (κ3) is 5.33. The highest BCUT2D eigenvalue weighted by Crippen LogP contribution is 2.36. The molecular formula is C29H28F3N3O2. The van der Waals surface area contributed by atoms with Gasteiger partial charge >= 0.3 is 6.18 Å². The number of fused-ring (bicyclic) bond motifs is 1. The number of hydrogen-bond donors (Lipinski definition) is 0. The van der Waals surface area contributed by atoms with E-state index in [1.165, 1.54) is 11.0 Å². The van der Waals surface area contributed by atoms with Crippen molar-refractivity contribution in [1.29, 1.82) is 0 Å². The van der Waals surface area contributed by atoms with Crippen molar-refractivity contribution in [2.45, 2.75) is 44.8 Å². The highest BCUT2D eigenvalue weighted by Gasteiger charge is 2.36. The molecule has 5 rings (SSSR count). The van der Waals surface area contributed by atoms with Crippen molar-refractivity contribution in [2.24, 2.45) is 0 Å². The number of benzene rings is 3. The number of para-hydroxylation sites is 3. The van der Waals surface area contributed by atoms with Gasteiger partial charge in [-0.05, 0) is 61.7 Å². The summed E-state index contributed by atoms with van der Waals surface area (Å²) in [6, 6.07) is 20.7. The molecule has 1 aromatic heterocycles. The third-order valence-electron chi connectivity index (χ3n) is 6.79. The van der Waals surface area contributed by atoms with Crippen LogP contribution in [0, 0.1) is 6.92 Å². The smallest absolute Gasteiger partial charge is 0.416 e. The predicted octanol–water partition coefficient (Wildman–Crippen LogP) is 6.74. The zero-order valence-electron chi connectivity index (χ0n) is 20.5. The quantitative estimate of drug-likeness (QED) is 0.248. The Balaban J connectivity index is 1.31. The van der Waals surface area contributed by atoms with E-state index in [0.717, 1.165) is 53.1 Å². The normalized spacial score (nSPS) is 16.1. The van der Waals surface area contributed by atoms with Gasteiger partial charge in [0.05, 0.1) is 23.2 Å². The van der Waals surface area contributed by atoms with Crippen molar-refractivity contribution in [1.82, 2.24) is 9.55 Å². The number of anilines is 1. The molecule has 1 atom stereocenters. The summed E-state index contributed by atoms with van der Waals surface area (Å²) in [7, 11) is 0. The van der Waals surface area contributed by atoms with E-state index in [1.807, 2.05) is 55.5 Å². The molecule has 1 fully saturated rings. The van der Waals surface area contributed by atoms with E-state index in [4.69, 9.17) is 9.72 Å². The lowest BCUT2D eigenvalue weighted by Crippen LogP contribution is -2.25. The van der Waals surface area contributed by atoms with E-state index in [-0.39, 0.29) is 23.9 Å². The monoisotopic (exact) mass is 507 g/mol. The molecule has 192 valence electrons. The molecule has 0 bridgehead atoms. The molecule has 0 spiro atoms. The topological polar surface area (TPSA) is 47.4 Å². The fourth-order valence-electron chi connectivity index (χ4n) is 4.89. The van der Waals surface area contributed by atoms with E-state index < -0.39 is 11.7 Å². The van der Waals surface area contributed by atoms with E-state index in [1.54, 1.807) is 6.07 Å². The van der Waals surface area contributed by atoms with E-state index in [0.29, 0.717) is 19.7 Å². The van der Waals surface area contributed by atoms with Crippen LogP contribution in [0.2, 0.25) is 0 Å². The van der Waals surface area contributed by atoms with Crippen LogP contribution in [0.5, 0.6) is 5.75 Å². The van der Waals surface area contributed by atoms with Gasteiger partial charge in [-0.2, -0.15) is 13.2 Å². The molecule has 1 aliphatic rings. The standard InChI is InChI=1S/C29H28F3N3O2/c1-20-9-2-5-14-26(20)37-16-7-6-15-34-25-13-4-3-12-24(25)33-28(34)21-17-27(36)35(19-21)23-11-8-10-22(18-23)29(30,31)32/h2-5,8-14,18,21H,6-7,15-17,19H2,1H3/t21-/m0/s1. The Labute approximate surface area is 213 Å². The number of carbonyl (C=O) groups is 1. The summed E-state index contributed by atoms with van der Waals surface area (Å²) < 4.78 is 47.8. The highest BCUT2D eigenvalue weighted by molar-refractivity contribution is 5.96. The average Bonchev–Trinajstić information content (AvgIpc) is 3.45. The lowest BCUT2D eigenvalue weighted by atomic mass is 10.1. The Hall–Kier alpha value is -3.81. The number of rotatable bonds is 8. The summed E-state index contributed by atoms with van der Waals surface area (Å²) in [5.74, 6) is 1.27. The van der Waals surface area contributed by atoms with Gasteiger partial charge in [-0.1, -0.05) is 36.4 Å². The van der Waals surface area contributed by atoms with Crippen LogP contribution >= 0.6 is 0 Å². The predicted molar refractivity (Wildman–Crippen MR) is 137 cm³/mol. The minimum atomic E-state index is -4.46. The van der Waals surface area contributed by atoms with Gasteiger partial charge in [0, 0.05) is 31.1 Å². The van der Waals surface area contributed by atoms with Gasteiger partial charge in [-0.25, -0.2) is 4.98 Å². The molecule has 0 N–H and O–H groups in total. The number of alkyl halides is 3. The average molecular weight is 508 g/mol. The fraction of sp³-hybridized carbons (Fsp3) is 0.310. The summed E-state index contributed by atoms with van der Waals surface area (Å²) in [5.41, 5.74) is 2.43. The molecule has 5 nitrogen and oxygen atoms in total. The SMILES string of the molecule is Cc1ccccc1OCCCCn1c([C@H]2CC(=O)N(c3cccc(C(F)(F)F)c3)C2)nc2ccccc21. The summed E-state index contributed by atoms with van der Waals surface area (Å²) in [4.78, 5) is 19.2. The van der Waals surface area contributed by atoms with Crippen molar-refractivity contribution in [3.8, 4) is 5.75 Å². The molecule has 1 saturated heterocycles. The first-order valence-corrected chi connectivity index (χ1v) is 12.4. The van der Waals surface area contributed by atoms with Crippen LogP contribution in [0.3, 0.4) is 0 Å². The molecule has 0 aliphatic carbocycles. The number of hydrogen-bond acceptors (Lipinski definition) is 3. The van der Waals surface area contributed by atoms with Crippen molar-refractivity contribution < 1.29 is 22.7 Å². The largest absolute Gasteiger partial charge is 0.493 e. The van der Waals surface area contributed by atoms with Crippen LogP contribution in [-0.4, -0.2) is 28.6 Å². The maximum atomic E-state index is 13.2. The van der Waals surface area contributed by atoms with Crippen molar-refractivity contribution in [3.05, 3.63) is 89.7 Å². The molecule has 37 heavy (non-hydrogen) atoms. The highest BCUT2D eigenvalue weighted by atomic mass is 19.4. The van der Waals surface area contributed by atoms with Crippen LogP contribution in [-0.2, 0) is 17.5 Å². The molecule has 1 amide bonds. The Kier molecular flexibility index (Phi) is 6.91. The van der Waals surface area contributed by atoms with Crippen LogP contribution in [0.4, 0.5) is 18.9 Å². The minimum absolute atomic E-state index is 0.199. The molecule has 4 aromatic rings. The summed E-state index contributed by atoms with van der Waals surface area (Å²) in [6.45, 7) is 3.62. The number of ether oxygens (including phenoxy) is 1. The minimum Gasteiger partial charge on any atom is -0.493 e. The fourth-order valence-corrected chi connectivity index (χ4v) is 4.89. The summed E-state index contributed by atoms with van der Waals surface area (Å²) >= 11 is 0. The van der Waals surface area contributed by atoms with Crippen LogP contribution < -0.4 is 9.64 Å². The van der Waals surface area contributed by atoms with Gasteiger partial charge in [-0.3, -0.25) is 4.79 Å². The first-order valence-electron chi connectivity index (χ1n) is 12.4. The van der Waals surface area contributed by atoms with Gasteiger partial charge in [0.2, 0.25) is 5.91 Å². The molecule has 1 aliphatic heterocycles. The van der Waals surface area contributed by atoms with Crippen LogP contribution in [0.25, 0.3) is 11.0 Å². The van der Waals surface area contributed by atoms with Crippen molar-refractivity contribution >= 4 is 22.6 Å². The van der Waals surface area contributed by atoms with Gasteiger partial charge in [0.1, 0.15) is 11.6 Å². The number of aromatic nitrogens is 2. The number of unbranched alkanes of at least 4 members (excludes halogenated alkanes) is 1. The van der Waals surface area contributed by atoms with Crippen LogP contribution in [0.1, 0.15) is 42.1 Å². The molecule has 0 unspecified atom stereocenters. The number of nitrogens with zero attached hydrogens (tertiary/aromatic N) is 3. The molecule has 8 heteroatoms. The number of carbonyl (C=O) groups excluding carboxylic acids is 1. The Morgan fingerprint density at radius 3 is 2.59 bits per heavy atom. The zero-order chi connectivity index (χ0) is 26.0. The van der Waals surface area contributed by atoms with Crippen molar-refractivity contribution in [3.63, 3.8) is 0 Å². The van der Waals surface area contributed by atoms with E-state index >= 15 is 0 Å². The first kappa shape index (κ1) is 24.9. The van der Waals surface area contributed by atoms with E-state index in [9.17, 15) is 18.0 Å². The Morgan fingerprint density at radius 1 is 1.00 bits per heavy atom. The lowest BCUT2D eigenvalue weighted by molar-refractivity contribution is -0.137. The van der Waals surface area contributed by atoms with Gasteiger partial charge in [0.15, 0.2) is 0 Å². The second-order valence-electron chi connectivity index (χ2n) is 9.38. The molecule has 3 aromatic carbocycles. The number of halogens is 3. The molecule has 2 heterocycles. The van der Waals surface area contributed by atoms with Gasteiger partial charge in [-0.15, -0.1) is 0 Å². The number of imidazole rings is 1.